The van der Waals surface area contributed by atoms with Gasteiger partial charge in [-0.05, 0) is 43.1 Å². The van der Waals surface area contributed by atoms with E-state index in [9.17, 15) is 9.90 Å². The molecule has 3 atom stereocenters. The van der Waals surface area contributed by atoms with Crippen molar-refractivity contribution in [3.63, 3.8) is 0 Å². The maximum Gasteiger partial charge on any atom is 0.226 e. The summed E-state index contributed by atoms with van der Waals surface area (Å²) < 4.78 is 0. The van der Waals surface area contributed by atoms with Crippen molar-refractivity contribution in [3.8, 4) is 0 Å². The molecule has 0 aromatic heterocycles. The summed E-state index contributed by atoms with van der Waals surface area (Å²) in [4.78, 5) is 14.6. The van der Waals surface area contributed by atoms with Gasteiger partial charge in [0.2, 0.25) is 5.91 Å². The Morgan fingerprint density at radius 3 is 2.57 bits per heavy atom. The van der Waals surface area contributed by atoms with Gasteiger partial charge < -0.3 is 10.0 Å². The van der Waals surface area contributed by atoms with Gasteiger partial charge in [0, 0.05) is 19.0 Å². The van der Waals surface area contributed by atoms with Gasteiger partial charge in [-0.3, -0.25) is 4.79 Å². The number of carbonyl (C=O) groups is 1. The summed E-state index contributed by atoms with van der Waals surface area (Å²) in [7, 11) is 0. The predicted molar refractivity (Wildman–Crippen MR) is 82.7 cm³/mol. The summed E-state index contributed by atoms with van der Waals surface area (Å²) in [6.45, 7) is 1.25. The molecule has 0 heterocycles. The summed E-state index contributed by atoms with van der Waals surface area (Å²) in [5, 5.41) is 9.26. The van der Waals surface area contributed by atoms with Gasteiger partial charge in [-0.15, -0.1) is 0 Å². The highest BCUT2D eigenvalue weighted by Gasteiger charge is 2.44. The van der Waals surface area contributed by atoms with Crippen molar-refractivity contribution in [2.24, 2.45) is 17.8 Å². The zero-order valence-electron chi connectivity index (χ0n) is 12.6. The van der Waals surface area contributed by atoms with Crippen molar-refractivity contribution >= 4 is 5.91 Å². The van der Waals surface area contributed by atoms with E-state index in [-0.39, 0.29) is 18.4 Å². The maximum atomic E-state index is 12.8. The highest BCUT2D eigenvalue weighted by molar-refractivity contribution is 5.79. The maximum absolute atomic E-state index is 12.8. The fourth-order valence-corrected chi connectivity index (χ4v) is 4.14. The zero-order valence-corrected chi connectivity index (χ0v) is 12.6. The summed E-state index contributed by atoms with van der Waals surface area (Å²) in [6, 6.07) is 10.3. The fraction of sp³-hybridized carbons (Fsp3) is 0.611. The molecule has 0 spiro atoms. The Hall–Kier alpha value is -1.35. The number of amides is 1. The van der Waals surface area contributed by atoms with Gasteiger partial charge in [-0.25, -0.2) is 0 Å². The first-order valence-corrected chi connectivity index (χ1v) is 8.21. The van der Waals surface area contributed by atoms with Crippen molar-refractivity contribution in [3.05, 3.63) is 35.9 Å². The van der Waals surface area contributed by atoms with E-state index in [2.05, 4.69) is 12.1 Å². The molecule has 2 fully saturated rings. The monoisotopic (exact) mass is 287 g/mol. The molecule has 1 aromatic carbocycles. The van der Waals surface area contributed by atoms with Crippen LogP contribution in [0.25, 0.3) is 0 Å². The predicted octanol–water partition coefficient (Wildman–Crippen LogP) is 2.49. The molecule has 0 aliphatic heterocycles. The zero-order chi connectivity index (χ0) is 14.7. The highest BCUT2D eigenvalue weighted by Crippen LogP contribution is 2.48. The Morgan fingerprint density at radius 1 is 1.14 bits per heavy atom. The Labute approximate surface area is 127 Å². The van der Waals surface area contributed by atoms with E-state index in [1.165, 1.54) is 24.8 Å². The van der Waals surface area contributed by atoms with Crippen LogP contribution in [0.2, 0.25) is 0 Å². The van der Waals surface area contributed by atoms with Crippen LogP contribution in [0.3, 0.4) is 0 Å². The standard InChI is InChI=1S/C18H25NO2/c20-11-10-19(9-8-14-4-2-1-3-5-14)18(21)17-13-15-6-7-16(17)12-15/h1-5,15-17,20H,6-13H2. The lowest BCUT2D eigenvalue weighted by Gasteiger charge is -2.29. The van der Waals surface area contributed by atoms with E-state index in [0.29, 0.717) is 12.5 Å². The largest absolute Gasteiger partial charge is 0.395 e. The third-order valence-corrected chi connectivity index (χ3v) is 5.25. The summed E-state index contributed by atoms with van der Waals surface area (Å²) in [5.74, 6) is 1.91. The van der Waals surface area contributed by atoms with E-state index < -0.39 is 0 Å². The van der Waals surface area contributed by atoms with E-state index >= 15 is 0 Å². The molecule has 114 valence electrons. The summed E-state index contributed by atoms with van der Waals surface area (Å²) in [5.41, 5.74) is 1.25. The Balaban J connectivity index is 1.59. The smallest absolute Gasteiger partial charge is 0.226 e. The number of carbonyl (C=O) groups excluding carboxylic acids is 1. The van der Waals surface area contributed by atoms with Crippen LogP contribution >= 0.6 is 0 Å². The number of aliphatic hydroxyl groups excluding tert-OH is 1. The average Bonchev–Trinajstić information content (AvgIpc) is 3.14. The minimum absolute atomic E-state index is 0.0569. The molecule has 2 aliphatic rings. The second-order valence-corrected chi connectivity index (χ2v) is 6.57. The molecule has 3 heteroatoms. The van der Waals surface area contributed by atoms with Crippen molar-refractivity contribution in [2.45, 2.75) is 32.1 Å². The van der Waals surface area contributed by atoms with Crippen molar-refractivity contribution in [2.75, 3.05) is 19.7 Å². The molecule has 1 N–H and O–H groups in total. The van der Waals surface area contributed by atoms with Crippen LogP contribution in [0.15, 0.2) is 30.3 Å². The van der Waals surface area contributed by atoms with Crippen molar-refractivity contribution < 1.29 is 9.90 Å². The normalized spacial score (nSPS) is 27.0. The number of aliphatic hydroxyl groups is 1. The van der Waals surface area contributed by atoms with Crippen LogP contribution in [0, 0.1) is 17.8 Å². The number of hydrogen-bond acceptors (Lipinski definition) is 2. The number of nitrogens with zero attached hydrogens (tertiary/aromatic N) is 1. The lowest BCUT2D eigenvalue weighted by molar-refractivity contribution is -0.137. The molecule has 2 bridgehead atoms. The van der Waals surface area contributed by atoms with Gasteiger partial charge in [0.1, 0.15) is 0 Å². The molecule has 0 saturated heterocycles. The number of rotatable bonds is 6. The van der Waals surface area contributed by atoms with Gasteiger partial charge in [0.25, 0.3) is 0 Å². The van der Waals surface area contributed by atoms with Gasteiger partial charge in [-0.1, -0.05) is 36.8 Å². The first-order chi connectivity index (χ1) is 10.3. The Bertz CT molecular complexity index is 473. The van der Waals surface area contributed by atoms with Crippen LogP contribution in [0.5, 0.6) is 0 Å². The first-order valence-electron chi connectivity index (χ1n) is 8.21. The van der Waals surface area contributed by atoms with E-state index in [1.54, 1.807) is 0 Å². The van der Waals surface area contributed by atoms with Gasteiger partial charge in [0.05, 0.1) is 6.61 Å². The van der Waals surface area contributed by atoms with E-state index in [4.69, 9.17) is 0 Å². The average molecular weight is 287 g/mol. The summed E-state index contributed by atoms with van der Waals surface area (Å²) in [6.07, 6.45) is 5.75. The van der Waals surface area contributed by atoms with Crippen LogP contribution in [-0.4, -0.2) is 35.6 Å². The molecule has 1 amide bonds. The number of fused-ring (bicyclic) bond motifs is 2. The molecule has 3 rings (SSSR count). The summed E-state index contributed by atoms with van der Waals surface area (Å²) >= 11 is 0. The third kappa shape index (κ3) is 3.29. The van der Waals surface area contributed by atoms with Gasteiger partial charge >= 0.3 is 0 Å². The minimum Gasteiger partial charge on any atom is -0.395 e. The molecule has 2 aliphatic carbocycles. The molecular formula is C18H25NO2. The van der Waals surface area contributed by atoms with Crippen LogP contribution in [0.1, 0.15) is 31.2 Å². The molecule has 0 radical (unpaired) electrons. The SMILES string of the molecule is O=C(C1CC2CCC1C2)N(CCO)CCc1ccccc1. The Kier molecular flexibility index (Phi) is 4.59. The third-order valence-electron chi connectivity index (χ3n) is 5.25. The Morgan fingerprint density at radius 2 is 1.95 bits per heavy atom. The minimum atomic E-state index is 0.0569. The van der Waals surface area contributed by atoms with E-state index in [0.717, 1.165) is 25.3 Å². The van der Waals surface area contributed by atoms with Crippen molar-refractivity contribution in [1.29, 1.82) is 0 Å². The molecular weight excluding hydrogens is 262 g/mol. The topological polar surface area (TPSA) is 40.5 Å². The quantitative estimate of drug-likeness (QED) is 0.873. The lowest BCUT2D eigenvalue weighted by Crippen LogP contribution is -2.41. The van der Waals surface area contributed by atoms with Crippen LogP contribution < -0.4 is 0 Å². The second kappa shape index (κ2) is 6.61. The lowest BCUT2D eigenvalue weighted by atomic mass is 9.87. The first kappa shape index (κ1) is 14.6. The fourth-order valence-electron chi connectivity index (χ4n) is 4.14. The number of hydrogen-bond donors (Lipinski definition) is 1. The molecule has 21 heavy (non-hydrogen) atoms. The highest BCUT2D eigenvalue weighted by atomic mass is 16.3. The second-order valence-electron chi connectivity index (χ2n) is 6.57. The van der Waals surface area contributed by atoms with Crippen molar-refractivity contribution in [1.82, 2.24) is 4.90 Å². The molecule has 2 saturated carbocycles. The molecule has 3 unspecified atom stereocenters. The molecule has 3 nitrogen and oxygen atoms in total. The molecule has 1 aromatic rings. The van der Waals surface area contributed by atoms with E-state index in [1.807, 2.05) is 23.1 Å². The van der Waals surface area contributed by atoms with Crippen LogP contribution in [0.4, 0.5) is 0 Å². The van der Waals surface area contributed by atoms with Crippen LogP contribution in [-0.2, 0) is 11.2 Å². The number of benzene rings is 1. The van der Waals surface area contributed by atoms with Gasteiger partial charge in [0.15, 0.2) is 0 Å². The van der Waals surface area contributed by atoms with Gasteiger partial charge in [-0.2, -0.15) is 0 Å².